The van der Waals surface area contributed by atoms with Gasteiger partial charge in [0.15, 0.2) is 0 Å². The van der Waals surface area contributed by atoms with Crippen LogP contribution in [0.3, 0.4) is 0 Å². The van der Waals surface area contributed by atoms with Crippen molar-refractivity contribution in [1.29, 1.82) is 0 Å². The first-order valence-corrected chi connectivity index (χ1v) is 8.58. The molecule has 0 saturated heterocycles. The lowest BCUT2D eigenvalue weighted by molar-refractivity contribution is -0.139. The molecule has 7 nitrogen and oxygen atoms in total. The first-order chi connectivity index (χ1) is 11.7. The largest absolute Gasteiger partial charge is 0.466 e. The van der Waals surface area contributed by atoms with Gasteiger partial charge in [0, 0.05) is 4.88 Å². The SMILES string of the molecule is COC(=O)C1=C(C(=O)OC)C2c3sccc3C1N2C(=O)OC(C)(C)C. The van der Waals surface area contributed by atoms with Gasteiger partial charge in [-0.1, -0.05) is 0 Å². The van der Waals surface area contributed by atoms with Crippen LogP contribution < -0.4 is 0 Å². The number of methoxy groups -OCH3 is 2. The van der Waals surface area contributed by atoms with Crippen LogP contribution in [0.1, 0.15) is 43.3 Å². The molecule has 2 unspecified atom stereocenters. The fourth-order valence-corrected chi connectivity index (χ4v) is 4.29. The smallest absolute Gasteiger partial charge is 0.411 e. The summed E-state index contributed by atoms with van der Waals surface area (Å²) in [6.07, 6.45) is -0.591. The van der Waals surface area contributed by atoms with Crippen molar-refractivity contribution in [1.82, 2.24) is 4.90 Å². The summed E-state index contributed by atoms with van der Waals surface area (Å²) in [7, 11) is 2.48. The molecule has 0 fully saturated rings. The van der Waals surface area contributed by atoms with Crippen molar-refractivity contribution in [3.63, 3.8) is 0 Å². The van der Waals surface area contributed by atoms with Crippen molar-refractivity contribution >= 4 is 29.4 Å². The maximum absolute atomic E-state index is 12.8. The molecule has 0 aliphatic carbocycles. The zero-order valence-corrected chi connectivity index (χ0v) is 15.4. The third kappa shape index (κ3) is 2.60. The van der Waals surface area contributed by atoms with E-state index in [0.29, 0.717) is 0 Å². The van der Waals surface area contributed by atoms with Gasteiger partial charge >= 0.3 is 18.0 Å². The van der Waals surface area contributed by atoms with Gasteiger partial charge in [0.05, 0.1) is 31.4 Å². The van der Waals surface area contributed by atoms with Gasteiger partial charge in [-0.3, -0.25) is 4.90 Å². The van der Waals surface area contributed by atoms with Crippen LogP contribution >= 0.6 is 11.3 Å². The highest BCUT2D eigenvalue weighted by atomic mass is 32.1. The molecule has 2 atom stereocenters. The maximum atomic E-state index is 12.8. The van der Waals surface area contributed by atoms with E-state index >= 15 is 0 Å². The molecule has 1 aromatic heterocycles. The lowest BCUT2D eigenvalue weighted by Crippen LogP contribution is -2.36. The second-order valence-electron chi connectivity index (χ2n) is 6.74. The molecule has 2 aliphatic rings. The van der Waals surface area contributed by atoms with E-state index in [9.17, 15) is 14.4 Å². The molecule has 2 aliphatic heterocycles. The van der Waals surface area contributed by atoms with Crippen LogP contribution in [0.4, 0.5) is 4.79 Å². The average molecular weight is 365 g/mol. The van der Waals surface area contributed by atoms with Gasteiger partial charge in [0.1, 0.15) is 11.6 Å². The average Bonchev–Trinajstić information content (AvgIpc) is 3.19. The summed E-state index contributed by atoms with van der Waals surface area (Å²) in [6.45, 7) is 5.28. The van der Waals surface area contributed by atoms with Gasteiger partial charge < -0.3 is 14.2 Å². The van der Waals surface area contributed by atoms with Crippen LogP contribution in [0.2, 0.25) is 0 Å². The second-order valence-corrected chi connectivity index (χ2v) is 7.69. The Balaban J connectivity index is 2.12. The number of fused-ring (bicyclic) bond motifs is 5. The number of carbonyl (C=O) groups excluding carboxylic acids is 3. The van der Waals surface area contributed by atoms with Crippen LogP contribution in [0.15, 0.2) is 22.6 Å². The second kappa shape index (κ2) is 5.87. The van der Waals surface area contributed by atoms with Crippen molar-refractivity contribution in [3.8, 4) is 0 Å². The van der Waals surface area contributed by atoms with E-state index < -0.39 is 35.7 Å². The number of rotatable bonds is 2. The predicted molar refractivity (Wildman–Crippen MR) is 88.9 cm³/mol. The van der Waals surface area contributed by atoms with Crippen molar-refractivity contribution in [2.24, 2.45) is 0 Å². The molecule has 134 valence electrons. The van der Waals surface area contributed by atoms with E-state index in [4.69, 9.17) is 14.2 Å². The molecule has 25 heavy (non-hydrogen) atoms. The Morgan fingerprint density at radius 2 is 1.60 bits per heavy atom. The van der Waals surface area contributed by atoms with E-state index in [0.717, 1.165) is 10.4 Å². The van der Waals surface area contributed by atoms with E-state index in [1.807, 2.05) is 11.4 Å². The van der Waals surface area contributed by atoms with Gasteiger partial charge in [-0.2, -0.15) is 0 Å². The van der Waals surface area contributed by atoms with Crippen LogP contribution in [-0.2, 0) is 23.8 Å². The highest BCUT2D eigenvalue weighted by Crippen LogP contribution is 2.58. The number of esters is 2. The third-order valence-corrected chi connectivity index (χ3v) is 5.06. The zero-order chi connectivity index (χ0) is 18.5. The minimum atomic E-state index is -0.706. The summed E-state index contributed by atoms with van der Waals surface area (Å²) in [5.41, 5.74) is 0.383. The van der Waals surface area contributed by atoms with Crippen LogP contribution in [0.25, 0.3) is 0 Å². The molecule has 1 amide bonds. The Kier molecular flexibility index (Phi) is 4.10. The van der Waals surface area contributed by atoms with Crippen molar-refractivity contribution < 1.29 is 28.6 Å². The van der Waals surface area contributed by atoms with E-state index in [1.165, 1.54) is 30.5 Å². The molecule has 3 heterocycles. The molecule has 3 rings (SSSR count). The first-order valence-electron chi connectivity index (χ1n) is 7.70. The van der Waals surface area contributed by atoms with Crippen molar-refractivity contribution in [2.45, 2.75) is 38.5 Å². The van der Waals surface area contributed by atoms with Crippen molar-refractivity contribution in [2.75, 3.05) is 14.2 Å². The zero-order valence-electron chi connectivity index (χ0n) is 14.6. The number of hydrogen-bond donors (Lipinski definition) is 0. The molecule has 0 saturated carbocycles. The number of amides is 1. The van der Waals surface area contributed by atoms with Crippen LogP contribution in [0.5, 0.6) is 0 Å². The van der Waals surface area contributed by atoms with Crippen LogP contribution in [0, 0.1) is 0 Å². The minimum absolute atomic E-state index is 0.135. The lowest BCUT2D eigenvalue weighted by Gasteiger charge is -2.28. The van der Waals surface area contributed by atoms with Gasteiger partial charge in [-0.25, -0.2) is 14.4 Å². The predicted octanol–water partition coefficient (Wildman–Crippen LogP) is 2.74. The topological polar surface area (TPSA) is 82.1 Å². The molecule has 0 aromatic carbocycles. The van der Waals surface area contributed by atoms with Gasteiger partial charge in [-0.05, 0) is 37.8 Å². The Hall–Kier alpha value is -2.35. The lowest BCUT2D eigenvalue weighted by atomic mass is 9.91. The Bertz CT molecular complexity index is 739. The standard InChI is InChI=1S/C17H19NO6S/c1-17(2,3)24-16(21)18-11-8-6-7-25-13(8)12(18)10(15(20)23-5)9(11)14(19)22-4/h6-7,11-12H,1-5H3. The number of carbonyl (C=O) groups is 3. The molecule has 0 radical (unpaired) electrons. The fourth-order valence-electron chi connectivity index (χ4n) is 3.25. The minimum Gasteiger partial charge on any atom is -0.466 e. The molecule has 0 spiro atoms. The third-order valence-electron chi connectivity index (χ3n) is 4.08. The number of nitrogens with zero attached hydrogens (tertiary/aromatic N) is 1. The van der Waals surface area contributed by atoms with Crippen LogP contribution in [-0.4, -0.2) is 42.8 Å². The van der Waals surface area contributed by atoms with E-state index in [2.05, 4.69) is 0 Å². The monoisotopic (exact) mass is 365 g/mol. The van der Waals surface area contributed by atoms with E-state index in [1.54, 1.807) is 20.8 Å². The maximum Gasteiger partial charge on any atom is 0.411 e. The Morgan fingerprint density at radius 1 is 1.04 bits per heavy atom. The van der Waals surface area contributed by atoms with E-state index in [-0.39, 0.29) is 11.1 Å². The fraction of sp³-hybridized carbons (Fsp3) is 0.471. The highest BCUT2D eigenvalue weighted by molar-refractivity contribution is 7.10. The highest BCUT2D eigenvalue weighted by Gasteiger charge is 2.58. The quantitative estimate of drug-likeness (QED) is 0.592. The normalized spacial score (nSPS) is 21.2. The molecule has 8 heteroatoms. The summed E-state index contributed by atoms with van der Waals surface area (Å²) in [4.78, 5) is 39.8. The Labute approximate surface area is 149 Å². The summed E-state index contributed by atoms with van der Waals surface area (Å²) in [5.74, 6) is -1.31. The summed E-state index contributed by atoms with van der Waals surface area (Å²) >= 11 is 1.42. The molecule has 2 bridgehead atoms. The number of hydrogen-bond acceptors (Lipinski definition) is 7. The van der Waals surface area contributed by atoms with Gasteiger partial charge in [0.2, 0.25) is 0 Å². The molecule has 1 aromatic rings. The van der Waals surface area contributed by atoms with Crippen molar-refractivity contribution in [3.05, 3.63) is 33.0 Å². The molecular formula is C17H19NO6S. The Morgan fingerprint density at radius 3 is 2.12 bits per heavy atom. The summed E-state index contributed by atoms with van der Waals surface area (Å²) < 4.78 is 15.2. The van der Waals surface area contributed by atoms with Gasteiger partial charge in [-0.15, -0.1) is 11.3 Å². The number of ether oxygens (including phenoxy) is 3. The molecule has 0 N–H and O–H groups in total. The number of thiophene rings is 1. The first kappa shape index (κ1) is 17.5. The molecular weight excluding hydrogens is 346 g/mol. The summed E-state index contributed by atoms with van der Waals surface area (Å²) in [5, 5.41) is 1.87. The summed E-state index contributed by atoms with van der Waals surface area (Å²) in [6, 6.07) is 0.443. The van der Waals surface area contributed by atoms with Gasteiger partial charge in [0.25, 0.3) is 0 Å².